The first-order valence-corrected chi connectivity index (χ1v) is 6.08. The molecule has 1 aliphatic carbocycles. The quantitative estimate of drug-likeness (QED) is 0.771. The molecule has 1 aromatic rings. The Hall–Kier alpha value is -1.19. The Morgan fingerprint density at radius 2 is 1.94 bits per heavy atom. The normalized spacial score (nSPS) is 24.2. The molecule has 3 heteroatoms. The van der Waals surface area contributed by atoms with Gasteiger partial charge in [0.2, 0.25) is 0 Å². The fraction of sp³-hybridized carbons (Fsp3) is 0.231. The molecule has 1 unspecified atom stereocenters. The Balaban J connectivity index is 2.05. The smallest absolute Gasteiger partial charge is 0.0349 e. The van der Waals surface area contributed by atoms with Crippen LogP contribution in [0.3, 0.4) is 0 Å². The summed E-state index contributed by atoms with van der Waals surface area (Å²) in [6.45, 7) is 2.03. The molecule has 0 saturated carbocycles. The first kappa shape index (κ1) is 11.3. The van der Waals surface area contributed by atoms with Gasteiger partial charge in [0.1, 0.15) is 0 Å². The molecular formula is C13H16N2S. The van der Waals surface area contributed by atoms with Crippen molar-refractivity contribution in [2.24, 2.45) is 5.73 Å². The number of rotatable bonds is 2. The van der Waals surface area contributed by atoms with E-state index in [0.29, 0.717) is 0 Å². The first-order chi connectivity index (χ1) is 7.55. The van der Waals surface area contributed by atoms with Crippen LogP contribution in [0.25, 0.3) is 0 Å². The second kappa shape index (κ2) is 4.36. The fourth-order valence-corrected chi connectivity index (χ4v) is 2.32. The van der Waals surface area contributed by atoms with E-state index in [9.17, 15) is 0 Å². The summed E-state index contributed by atoms with van der Waals surface area (Å²) in [5.74, 6) is 0. The molecule has 0 aromatic heterocycles. The van der Waals surface area contributed by atoms with E-state index in [1.54, 1.807) is 11.8 Å². The lowest BCUT2D eigenvalue weighted by Crippen LogP contribution is -2.33. The van der Waals surface area contributed by atoms with E-state index in [0.717, 1.165) is 12.1 Å². The molecule has 0 spiro atoms. The van der Waals surface area contributed by atoms with E-state index in [1.807, 2.05) is 31.2 Å². The van der Waals surface area contributed by atoms with Gasteiger partial charge in [-0.05, 0) is 37.6 Å². The van der Waals surface area contributed by atoms with Crippen LogP contribution < -0.4 is 11.5 Å². The second-order valence-corrected chi connectivity index (χ2v) is 5.47. The summed E-state index contributed by atoms with van der Waals surface area (Å²) in [7, 11) is 0. The monoisotopic (exact) mass is 232 g/mol. The third-order valence-corrected chi connectivity index (χ3v) is 3.53. The Morgan fingerprint density at radius 1 is 1.25 bits per heavy atom. The SMILES string of the molecule is CC1(N)C=CC(Sc2ccc(N)cc2)=CC1. The van der Waals surface area contributed by atoms with Crippen molar-refractivity contribution < 1.29 is 0 Å². The second-order valence-electron chi connectivity index (χ2n) is 4.32. The maximum absolute atomic E-state index is 6.00. The number of nitrogen functional groups attached to an aromatic ring is 1. The molecule has 1 atom stereocenters. The van der Waals surface area contributed by atoms with Crippen LogP contribution in [0.15, 0.2) is 52.3 Å². The van der Waals surface area contributed by atoms with Crippen LogP contribution in [0.5, 0.6) is 0 Å². The van der Waals surface area contributed by atoms with Gasteiger partial charge >= 0.3 is 0 Å². The highest BCUT2D eigenvalue weighted by Crippen LogP contribution is 2.32. The van der Waals surface area contributed by atoms with Gasteiger partial charge in [0.05, 0.1) is 0 Å². The molecule has 0 radical (unpaired) electrons. The molecule has 0 amide bonds. The number of anilines is 1. The van der Waals surface area contributed by atoms with Gasteiger partial charge in [0, 0.05) is 21.0 Å². The lowest BCUT2D eigenvalue weighted by atomic mass is 9.95. The molecule has 16 heavy (non-hydrogen) atoms. The van der Waals surface area contributed by atoms with Gasteiger partial charge in [-0.1, -0.05) is 30.0 Å². The highest BCUT2D eigenvalue weighted by atomic mass is 32.2. The molecule has 4 N–H and O–H groups in total. The Kier molecular flexibility index (Phi) is 3.08. The number of allylic oxidation sites excluding steroid dienone is 1. The summed E-state index contributed by atoms with van der Waals surface area (Å²) < 4.78 is 0. The lowest BCUT2D eigenvalue weighted by Gasteiger charge is -2.22. The third kappa shape index (κ3) is 2.90. The van der Waals surface area contributed by atoms with Crippen LogP contribution in [0.2, 0.25) is 0 Å². The zero-order chi connectivity index (χ0) is 11.6. The van der Waals surface area contributed by atoms with Crippen LogP contribution in [-0.4, -0.2) is 5.54 Å². The average molecular weight is 232 g/mol. The van der Waals surface area contributed by atoms with Gasteiger partial charge in [-0.3, -0.25) is 0 Å². The van der Waals surface area contributed by atoms with E-state index < -0.39 is 0 Å². The number of thioether (sulfide) groups is 1. The fourth-order valence-electron chi connectivity index (χ4n) is 1.48. The maximum Gasteiger partial charge on any atom is 0.0349 e. The highest BCUT2D eigenvalue weighted by molar-refractivity contribution is 8.03. The zero-order valence-corrected chi connectivity index (χ0v) is 10.1. The minimum atomic E-state index is -0.189. The molecule has 0 fully saturated rings. The Morgan fingerprint density at radius 3 is 2.50 bits per heavy atom. The third-order valence-electron chi connectivity index (χ3n) is 2.49. The summed E-state index contributed by atoms with van der Waals surface area (Å²) in [5.41, 5.74) is 12.2. The molecule has 0 heterocycles. The zero-order valence-electron chi connectivity index (χ0n) is 9.31. The van der Waals surface area contributed by atoms with Crippen LogP contribution in [-0.2, 0) is 0 Å². The largest absolute Gasteiger partial charge is 0.399 e. The molecule has 0 saturated heterocycles. The van der Waals surface area contributed by atoms with E-state index >= 15 is 0 Å². The van der Waals surface area contributed by atoms with E-state index in [-0.39, 0.29) is 5.54 Å². The summed E-state index contributed by atoms with van der Waals surface area (Å²) in [4.78, 5) is 2.44. The molecule has 0 bridgehead atoms. The molecule has 0 aliphatic heterocycles. The number of hydrogen-bond donors (Lipinski definition) is 2. The molecule has 84 valence electrons. The van der Waals surface area contributed by atoms with Crippen LogP contribution in [0.4, 0.5) is 5.69 Å². The van der Waals surface area contributed by atoms with E-state index in [1.165, 1.54) is 9.80 Å². The van der Waals surface area contributed by atoms with Crippen molar-refractivity contribution in [1.82, 2.24) is 0 Å². The standard InChI is InChI=1S/C13H16N2S/c1-13(15)8-6-12(7-9-13)16-11-4-2-10(14)3-5-11/h2-8H,9,14-15H2,1H3. The highest BCUT2D eigenvalue weighted by Gasteiger charge is 2.16. The van der Waals surface area contributed by atoms with Crippen molar-refractivity contribution >= 4 is 17.4 Å². The summed E-state index contributed by atoms with van der Waals surface area (Å²) in [6, 6.07) is 7.90. The first-order valence-electron chi connectivity index (χ1n) is 5.27. The van der Waals surface area contributed by atoms with Crippen molar-refractivity contribution in [3.63, 3.8) is 0 Å². The number of benzene rings is 1. The predicted octanol–water partition coefficient (Wildman–Crippen LogP) is 2.92. The van der Waals surface area contributed by atoms with Crippen LogP contribution in [0, 0.1) is 0 Å². The van der Waals surface area contributed by atoms with Crippen molar-refractivity contribution in [2.45, 2.75) is 23.8 Å². The van der Waals surface area contributed by atoms with E-state index in [4.69, 9.17) is 11.5 Å². The molecular weight excluding hydrogens is 216 g/mol. The summed E-state index contributed by atoms with van der Waals surface area (Å²) >= 11 is 1.74. The van der Waals surface area contributed by atoms with Gasteiger partial charge in [0.15, 0.2) is 0 Å². The number of nitrogens with two attached hydrogens (primary N) is 2. The van der Waals surface area contributed by atoms with E-state index in [2.05, 4.69) is 18.2 Å². The molecule has 2 nitrogen and oxygen atoms in total. The van der Waals surface area contributed by atoms with Crippen molar-refractivity contribution in [1.29, 1.82) is 0 Å². The maximum atomic E-state index is 6.00. The summed E-state index contributed by atoms with van der Waals surface area (Å²) in [5, 5.41) is 0. The van der Waals surface area contributed by atoms with Crippen molar-refractivity contribution in [2.75, 3.05) is 5.73 Å². The van der Waals surface area contributed by atoms with Gasteiger partial charge in [-0.25, -0.2) is 0 Å². The van der Waals surface area contributed by atoms with Crippen LogP contribution in [0.1, 0.15) is 13.3 Å². The summed E-state index contributed by atoms with van der Waals surface area (Å²) in [6.07, 6.45) is 7.22. The molecule has 2 rings (SSSR count). The van der Waals surface area contributed by atoms with Gasteiger partial charge < -0.3 is 11.5 Å². The van der Waals surface area contributed by atoms with Crippen LogP contribution >= 0.6 is 11.8 Å². The van der Waals surface area contributed by atoms with Gasteiger partial charge in [-0.15, -0.1) is 0 Å². The topological polar surface area (TPSA) is 52.0 Å². The Bertz CT molecular complexity index is 430. The van der Waals surface area contributed by atoms with Gasteiger partial charge in [0.25, 0.3) is 0 Å². The van der Waals surface area contributed by atoms with Crippen molar-refractivity contribution in [3.05, 3.63) is 47.4 Å². The minimum Gasteiger partial charge on any atom is -0.399 e. The van der Waals surface area contributed by atoms with Gasteiger partial charge in [-0.2, -0.15) is 0 Å². The lowest BCUT2D eigenvalue weighted by molar-refractivity contribution is 0.589. The average Bonchev–Trinajstić information content (AvgIpc) is 2.24. The molecule has 1 aromatic carbocycles. The number of hydrogen-bond acceptors (Lipinski definition) is 3. The minimum absolute atomic E-state index is 0.189. The predicted molar refractivity (Wildman–Crippen MR) is 71.1 cm³/mol. The Labute approximate surface area is 100 Å². The van der Waals surface area contributed by atoms with Crippen molar-refractivity contribution in [3.8, 4) is 0 Å². The molecule has 1 aliphatic rings.